The second-order valence-electron chi connectivity index (χ2n) is 11.2. The molecular formula is C27H38N2O4. The lowest BCUT2D eigenvalue weighted by Gasteiger charge is -2.32. The van der Waals surface area contributed by atoms with Crippen LogP contribution in [0.4, 0.5) is 0 Å². The number of rotatable bonds is 5. The van der Waals surface area contributed by atoms with E-state index in [1.807, 2.05) is 12.1 Å². The van der Waals surface area contributed by atoms with Gasteiger partial charge in [0.05, 0.1) is 6.26 Å². The minimum absolute atomic E-state index is 0.0218. The van der Waals surface area contributed by atoms with Crippen molar-refractivity contribution < 1.29 is 19.1 Å². The van der Waals surface area contributed by atoms with Gasteiger partial charge in [-0.15, -0.1) is 0 Å². The SMILES string of the molecule is CC(C)(C)c1cc(CCC(=O)NC2CCN(C(=O)c3ccco3)CC2)cc(C(C)(C)C)c1O. The molecular weight excluding hydrogens is 416 g/mol. The molecule has 0 atom stereocenters. The highest BCUT2D eigenvalue weighted by atomic mass is 16.3. The Morgan fingerprint density at radius 3 is 2.12 bits per heavy atom. The Kier molecular flexibility index (Phi) is 7.25. The lowest BCUT2D eigenvalue weighted by molar-refractivity contribution is -0.122. The summed E-state index contributed by atoms with van der Waals surface area (Å²) in [4.78, 5) is 26.8. The van der Waals surface area contributed by atoms with Crippen molar-refractivity contribution in [3.8, 4) is 5.75 Å². The number of benzene rings is 1. The summed E-state index contributed by atoms with van der Waals surface area (Å²) in [6.07, 6.45) is 3.99. The number of piperidine rings is 1. The van der Waals surface area contributed by atoms with Crippen molar-refractivity contribution in [1.29, 1.82) is 0 Å². The topological polar surface area (TPSA) is 82.8 Å². The van der Waals surface area contributed by atoms with Gasteiger partial charge in [0, 0.05) is 25.6 Å². The van der Waals surface area contributed by atoms with Gasteiger partial charge >= 0.3 is 0 Å². The average molecular weight is 455 g/mol. The van der Waals surface area contributed by atoms with Gasteiger partial charge in [-0.2, -0.15) is 0 Å². The van der Waals surface area contributed by atoms with Gasteiger partial charge in [-0.05, 0) is 58.9 Å². The minimum Gasteiger partial charge on any atom is -0.507 e. The van der Waals surface area contributed by atoms with Gasteiger partial charge in [-0.1, -0.05) is 53.7 Å². The van der Waals surface area contributed by atoms with E-state index < -0.39 is 0 Å². The molecule has 3 rings (SSSR count). The van der Waals surface area contributed by atoms with Crippen LogP contribution in [-0.2, 0) is 22.0 Å². The first-order valence-electron chi connectivity index (χ1n) is 11.9. The van der Waals surface area contributed by atoms with Crippen molar-refractivity contribution in [2.24, 2.45) is 0 Å². The van der Waals surface area contributed by atoms with Crippen molar-refractivity contribution >= 4 is 11.8 Å². The Balaban J connectivity index is 1.57. The number of hydrogen-bond donors (Lipinski definition) is 2. The molecule has 1 aliphatic heterocycles. The van der Waals surface area contributed by atoms with Gasteiger partial charge in [-0.25, -0.2) is 0 Å². The van der Waals surface area contributed by atoms with Crippen molar-refractivity contribution in [2.75, 3.05) is 13.1 Å². The molecule has 1 saturated heterocycles. The highest BCUT2D eigenvalue weighted by molar-refractivity contribution is 5.91. The van der Waals surface area contributed by atoms with Gasteiger partial charge in [0.25, 0.3) is 5.91 Å². The molecule has 6 heteroatoms. The lowest BCUT2D eigenvalue weighted by atomic mass is 9.78. The Labute approximate surface area is 197 Å². The fourth-order valence-electron chi connectivity index (χ4n) is 4.32. The van der Waals surface area contributed by atoms with E-state index in [0.717, 1.165) is 29.5 Å². The fourth-order valence-corrected chi connectivity index (χ4v) is 4.32. The normalized spacial score (nSPS) is 15.5. The third-order valence-electron chi connectivity index (χ3n) is 6.31. The van der Waals surface area contributed by atoms with Gasteiger partial charge in [0.2, 0.25) is 5.91 Å². The molecule has 0 aliphatic carbocycles. The first kappa shape index (κ1) is 24.9. The first-order chi connectivity index (χ1) is 15.4. The predicted octanol–water partition coefficient (Wildman–Crippen LogP) is 4.93. The molecule has 1 aromatic heterocycles. The Bertz CT molecular complexity index is 938. The van der Waals surface area contributed by atoms with E-state index in [2.05, 4.69) is 46.9 Å². The zero-order valence-corrected chi connectivity index (χ0v) is 20.8. The summed E-state index contributed by atoms with van der Waals surface area (Å²) in [6.45, 7) is 13.8. The number of carbonyl (C=O) groups excluding carboxylic acids is 2. The van der Waals surface area contributed by atoms with E-state index >= 15 is 0 Å². The highest BCUT2D eigenvalue weighted by Crippen LogP contribution is 2.40. The maximum Gasteiger partial charge on any atom is 0.289 e. The van der Waals surface area contributed by atoms with Crippen LogP contribution in [0, 0.1) is 0 Å². The van der Waals surface area contributed by atoms with Crippen LogP contribution in [0.5, 0.6) is 5.75 Å². The number of carbonyl (C=O) groups is 2. The van der Waals surface area contributed by atoms with Crippen LogP contribution in [0.15, 0.2) is 34.9 Å². The number of amides is 2. The zero-order chi connectivity index (χ0) is 24.4. The molecule has 0 bridgehead atoms. The van der Waals surface area contributed by atoms with Gasteiger partial charge in [0.15, 0.2) is 5.76 Å². The van der Waals surface area contributed by atoms with Crippen molar-refractivity contribution in [3.05, 3.63) is 53.0 Å². The number of nitrogens with zero attached hydrogens (tertiary/aromatic N) is 1. The van der Waals surface area contributed by atoms with Crippen LogP contribution in [0.25, 0.3) is 0 Å². The third kappa shape index (κ3) is 6.18. The first-order valence-corrected chi connectivity index (χ1v) is 11.9. The van der Waals surface area contributed by atoms with Crippen LogP contribution >= 0.6 is 0 Å². The van der Waals surface area contributed by atoms with E-state index in [0.29, 0.717) is 37.4 Å². The predicted molar refractivity (Wildman–Crippen MR) is 130 cm³/mol. The summed E-state index contributed by atoms with van der Waals surface area (Å²) in [6, 6.07) is 7.54. The number of hydrogen-bond acceptors (Lipinski definition) is 4. The highest BCUT2D eigenvalue weighted by Gasteiger charge is 2.28. The number of aryl methyl sites for hydroxylation is 1. The second-order valence-corrected chi connectivity index (χ2v) is 11.2. The Hall–Kier alpha value is -2.76. The molecule has 180 valence electrons. The summed E-state index contributed by atoms with van der Waals surface area (Å²) in [5.74, 6) is 0.643. The summed E-state index contributed by atoms with van der Waals surface area (Å²) in [5.41, 5.74) is 2.52. The average Bonchev–Trinajstić information content (AvgIpc) is 3.26. The smallest absolute Gasteiger partial charge is 0.289 e. The quantitative estimate of drug-likeness (QED) is 0.671. The molecule has 1 aromatic carbocycles. The molecule has 1 fully saturated rings. The molecule has 2 amide bonds. The number of phenols is 1. The number of nitrogens with one attached hydrogen (secondary N) is 1. The van der Waals surface area contributed by atoms with Crippen LogP contribution in [0.2, 0.25) is 0 Å². The Morgan fingerprint density at radius 2 is 1.64 bits per heavy atom. The van der Waals surface area contributed by atoms with E-state index in [1.165, 1.54) is 6.26 Å². The number of phenolic OH excluding ortho intramolecular Hbond substituents is 1. The summed E-state index contributed by atoms with van der Waals surface area (Å²) < 4.78 is 5.20. The summed E-state index contributed by atoms with van der Waals surface area (Å²) in [5, 5.41) is 14.0. The number of furan rings is 1. The van der Waals surface area contributed by atoms with Crippen molar-refractivity contribution in [3.63, 3.8) is 0 Å². The van der Waals surface area contributed by atoms with Crippen LogP contribution in [0.1, 0.15) is 88.1 Å². The lowest BCUT2D eigenvalue weighted by Crippen LogP contribution is -2.46. The van der Waals surface area contributed by atoms with Gasteiger partial charge in [0.1, 0.15) is 5.75 Å². The molecule has 1 aliphatic rings. The van der Waals surface area contributed by atoms with Crippen LogP contribution in [0.3, 0.4) is 0 Å². The fraction of sp³-hybridized carbons (Fsp3) is 0.556. The minimum atomic E-state index is -0.191. The zero-order valence-electron chi connectivity index (χ0n) is 20.8. The largest absolute Gasteiger partial charge is 0.507 e. The van der Waals surface area contributed by atoms with Gasteiger partial charge in [-0.3, -0.25) is 9.59 Å². The van der Waals surface area contributed by atoms with Crippen LogP contribution in [-0.4, -0.2) is 41.0 Å². The van der Waals surface area contributed by atoms with E-state index in [9.17, 15) is 14.7 Å². The van der Waals surface area contributed by atoms with Gasteiger partial charge < -0.3 is 19.7 Å². The number of aromatic hydroxyl groups is 1. The maximum absolute atomic E-state index is 12.7. The molecule has 2 aromatic rings. The molecule has 2 N–H and O–H groups in total. The summed E-state index contributed by atoms with van der Waals surface area (Å²) >= 11 is 0. The molecule has 2 heterocycles. The summed E-state index contributed by atoms with van der Waals surface area (Å²) in [7, 11) is 0. The van der Waals surface area contributed by atoms with Crippen molar-refractivity contribution in [2.45, 2.75) is 84.1 Å². The van der Waals surface area contributed by atoms with Crippen LogP contribution < -0.4 is 5.32 Å². The molecule has 33 heavy (non-hydrogen) atoms. The third-order valence-corrected chi connectivity index (χ3v) is 6.31. The monoisotopic (exact) mass is 454 g/mol. The molecule has 6 nitrogen and oxygen atoms in total. The second kappa shape index (κ2) is 9.62. The van der Waals surface area contributed by atoms with Crippen molar-refractivity contribution in [1.82, 2.24) is 10.2 Å². The molecule has 0 saturated carbocycles. The standard InChI is InChI=1S/C27H38N2O4/c1-26(2,3)20-16-18(17-21(24(20)31)27(4,5)6)9-10-23(30)28-19-11-13-29(14-12-19)25(32)22-8-7-15-33-22/h7-8,15-17,19,31H,9-14H2,1-6H3,(H,28,30). The number of likely N-dealkylation sites (tertiary alicyclic amines) is 1. The molecule has 0 unspecified atom stereocenters. The van der Waals surface area contributed by atoms with E-state index in [1.54, 1.807) is 17.0 Å². The Morgan fingerprint density at radius 1 is 1.06 bits per heavy atom. The van der Waals surface area contributed by atoms with E-state index in [-0.39, 0.29) is 28.7 Å². The molecule has 0 spiro atoms. The van der Waals surface area contributed by atoms with E-state index in [4.69, 9.17) is 4.42 Å². The molecule has 0 radical (unpaired) electrons. The maximum atomic E-state index is 12.7.